The van der Waals surface area contributed by atoms with Gasteiger partial charge in [0.25, 0.3) is 5.91 Å². The summed E-state index contributed by atoms with van der Waals surface area (Å²) in [5.41, 5.74) is 0.996. The number of benzene rings is 2. The van der Waals surface area contributed by atoms with Crippen molar-refractivity contribution in [1.29, 1.82) is 0 Å². The van der Waals surface area contributed by atoms with Crippen molar-refractivity contribution in [3.63, 3.8) is 0 Å². The third-order valence-electron chi connectivity index (χ3n) is 3.90. The second kappa shape index (κ2) is 8.31. The number of nitrogens with one attached hydrogen (secondary N) is 1. The Balaban J connectivity index is 1.50. The fourth-order valence-electron chi connectivity index (χ4n) is 2.52. The second-order valence-electron chi connectivity index (χ2n) is 5.94. The van der Waals surface area contributed by atoms with E-state index in [1.54, 1.807) is 19.1 Å². The molecule has 0 radical (unpaired) electrons. The molecule has 1 heterocycles. The molecule has 3 aromatic rings. The van der Waals surface area contributed by atoms with E-state index in [1.807, 2.05) is 30.3 Å². The SMILES string of the molecule is C[C@H](NC(=O)COC(=O)/C=C/c1ccccc1F)c1cc2ccccc2o1. The van der Waals surface area contributed by atoms with Crippen molar-refractivity contribution in [2.24, 2.45) is 0 Å². The van der Waals surface area contributed by atoms with Crippen LogP contribution < -0.4 is 5.32 Å². The van der Waals surface area contributed by atoms with Crippen LogP contribution in [0.1, 0.15) is 24.3 Å². The molecule has 0 bridgehead atoms. The van der Waals surface area contributed by atoms with Crippen LogP contribution in [0.25, 0.3) is 17.0 Å². The predicted octanol–water partition coefficient (Wildman–Crippen LogP) is 4.01. The van der Waals surface area contributed by atoms with Gasteiger partial charge in [0.2, 0.25) is 0 Å². The Kier molecular flexibility index (Phi) is 5.66. The Morgan fingerprint density at radius 1 is 1.19 bits per heavy atom. The fourth-order valence-corrected chi connectivity index (χ4v) is 2.52. The van der Waals surface area contributed by atoms with Crippen molar-refractivity contribution in [3.05, 3.63) is 77.8 Å². The van der Waals surface area contributed by atoms with Crippen LogP contribution in [0.2, 0.25) is 0 Å². The number of rotatable bonds is 6. The Labute approximate surface area is 155 Å². The summed E-state index contributed by atoms with van der Waals surface area (Å²) in [5.74, 6) is -1.03. The van der Waals surface area contributed by atoms with Gasteiger partial charge in [0.05, 0.1) is 6.04 Å². The third-order valence-corrected chi connectivity index (χ3v) is 3.90. The first-order valence-electron chi connectivity index (χ1n) is 8.40. The maximum Gasteiger partial charge on any atom is 0.331 e. The molecule has 27 heavy (non-hydrogen) atoms. The van der Waals surface area contributed by atoms with Crippen LogP contribution in [0.5, 0.6) is 0 Å². The van der Waals surface area contributed by atoms with Gasteiger partial charge in [-0.05, 0) is 31.2 Å². The second-order valence-corrected chi connectivity index (χ2v) is 5.94. The van der Waals surface area contributed by atoms with Gasteiger partial charge in [-0.15, -0.1) is 0 Å². The number of hydrogen-bond donors (Lipinski definition) is 1. The average molecular weight is 367 g/mol. The van der Waals surface area contributed by atoms with Crippen LogP contribution >= 0.6 is 0 Å². The van der Waals surface area contributed by atoms with E-state index >= 15 is 0 Å². The maximum atomic E-state index is 13.5. The summed E-state index contributed by atoms with van der Waals surface area (Å²) >= 11 is 0. The van der Waals surface area contributed by atoms with Crippen molar-refractivity contribution in [2.45, 2.75) is 13.0 Å². The first-order chi connectivity index (χ1) is 13.0. The Bertz CT molecular complexity index is 960. The van der Waals surface area contributed by atoms with Crippen LogP contribution in [0.4, 0.5) is 4.39 Å². The number of carbonyl (C=O) groups excluding carboxylic acids is 2. The number of esters is 1. The molecule has 0 aliphatic rings. The van der Waals surface area contributed by atoms with Crippen molar-refractivity contribution in [3.8, 4) is 0 Å². The summed E-state index contributed by atoms with van der Waals surface area (Å²) in [6.45, 7) is 1.33. The Morgan fingerprint density at radius 3 is 2.70 bits per heavy atom. The zero-order valence-corrected chi connectivity index (χ0v) is 14.6. The first-order valence-corrected chi connectivity index (χ1v) is 8.40. The molecule has 1 atom stereocenters. The van der Waals surface area contributed by atoms with Gasteiger partial charge in [-0.1, -0.05) is 36.4 Å². The van der Waals surface area contributed by atoms with E-state index < -0.39 is 24.3 Å². The van der Waals surface area contributed by atoms with Crippen molar-refractivity contribution >= 4 is 28.9 Å². The molecular weight excluding hydrogens is 349 g/mol. The lowest BCUT2D eigenvalue weighted by Crippen LogP contribution is -2.30. The number of carbonyl (C=O) groups is 2. The minimum Gasteiger partial charge on any atom is -0.459 e. The molecule has 1 amide bonds. The first kappa shape index (κ1) is 18.4. The van der Waals surface area contributed by atoms with Gasteiger partial charge in [-0.25, -0.2) is 9.18 Å². The standard InChI is InChI=1S/C21H18FNO4/c1-14(19-12-16-7-3-5-9-18(16)27-19)23-20(24)13-26-21(25)11-10-15-6-2-4-8-17(15)22/h2-12,14H,13H2,1H3,(H,23,24)/b11-10+/t14-/m0/s1. The fraction of sp³-hybridized carbons (Fsp3) is 0.143. The number of hydrogen-bond acceptors (Lipinski definition) is 4. The van der Waals surface area contributed by atoms with Crippen LogP contribution in [0.15, 0.2) is 65.1 Å². The molecule has 1 N–H and O–H groups in total. The highest BCUT2D eigenvalue weighted by atomic mass is 19.1. The molecule has 0 unspecified atom stereocenters. The number of ether oxygens (including phenoxy) is 1. The van der Waals surface area contributed by atoms with Gasteiger partial charge in [-0.2, -0.15) is 0 Å². The smallest absolute Gasteiger partial charge is 0.331 e. The summed E-state index contributed by atoms with van der Waals surface area (Å²) < 4.78 is 24.0. The minimum absolute atomic E-state index is 0.261. The summed E-state index contributed by atoms with van der Waals surface area (Å²) in [4.78, 5) is 23.6. The quantitative estimate of drug-likeness (QED) is 0.528. The van der Waals surface area contributed by atoms with E-state index in [0.717, 1.165) is 17.0 Å². The van der Waals surface area contributed by atoms with Crippen LogP contribution in [-0.4, -0.2) is 18.5 Å². The lowest BCUT2D eigenvalue weighted by atomic mass is 10.2. The molecule has 0 aliphatic heterocycles. The molecule has 1 aromatic heterocycles. The highest BCUT2D eigenvalue weighted by Crippen LogP contribution is 2.23. The van der Waals surface area contributed by atoms with Gasteiger partial charge < -0.3 is 14.5 Å². The monoisotopic (exact) mass is 367 g/mol. The highest BCUT2D eigenvalue weighted by molar-refractivity contribution is 5.89. The van der Waals surface area contributed by atoms with E-state index in [2.05, 4.69) is 5.32 Å². The van der Waals surface area contributed by atoms with E-state index in [9.17, 15) is 14.0 Å². The Hall–Kier alpha value is -3.41. The van der Waals surface area contributed by atoms with Gasteiger partial charge in [0.15, 0.2) is 6.61 Å². The zero-order chi connectivity index (χ0) is 19.2. The molecule has 0 saturated carbocycles. The zero-order valence-electron chi connectivity index (χ0n) is 14.6. The van der Waals surface area contributed by atoms with Gasteiger partial charge in [0, 0.05) is 17.0 Å². The van der Waals surface area contributed by atoms with Crippen LogP contribution in [-0.2, 0) is 14.3 Å². The minimum atomic E-state index is -0.732. The van der Waals surface area contributed by atoms with E-state index in [-0.39, 0.29) is 11.6 Å². The van der Waals surface area contributed by atoms with Gasteiger partial charge in [0.1, 0.15) is 17.2 Å². The molecule has 138 valence electrons. The third kappa shape index (κ3) is 4.82. The van der Waals surface area contributed by atoms with Gasteiger partial charge >= 0.3 is 5.97 Å². The van der Waals surface area contributed by atoms with E-state index in [0.29, 0.717) is 5.76 Å². The number of fused-ring (bicyclic) bond motifs is 1. The van der Waals surface area contributed by atoms with E-state index in [1.165, 1.54) is 18.2 Å². The summed E-state index contributed by atoms with van der Waals surface area (Å²) in [6, 6.07) is 15.0. The van der Waals surface area contributed by atoms with Crippen LogP contribution in [0, 0.1) is 5.82 Å². The molecule has 0 spiro atoms. The molecule has 2 aromatic carbocycles. The lowest BCUT2D eigenvalue weighted by molar-refractivity contribution is -0.144. The number of amides is 1. The average Bonchev–Trinajstić information content (AvgIpc) is 3.10. The lowest BCUT2D eigenvalue weighted by Gasteiger charge is -2.11. The number of furan rings is 1. The summed E-state index contributed by atoms with van der Waals surface area (Å²) in [6.07, 6.45) is 2.38. The largest absolute Gasteiger partial charge is 0.459 e. The molecule has 3 rings (SSSR count). The topological polar surface area (TPSA) is 68.5 Å². The van der Waals surface area contributed by atoms with Crippen LogP contribution in [0.3, 0.4) is 0 Å². The normalized spacial score (nSPS) is 12.2. The predicted molar refractivity (Wildman–Crippen MR) is 99.2 cm³/mol. The summed E-state index contributed by atoms with van der Waals surface area (Å²) in [7, 11) is 0. The molecule has 0 aliphatic carbocycles. The van der Waals surface area contributed by atoms with E-state index in [4.69, 9.17) is 9.15 Å². The molecule has 5 nitrogen and oxygen atoms in total. The van der Waals surface area contributed by atoms with Crippen molar-refractivity contribution in [2.75, 3.05) is 6.61 Å². The molecular formula is C21H18FNO4. The Morgan fingerprint density at radius 2 is 1.93 bits per heavy atom. The van der Waals surface area contributed by atoms with Crippen molar-refractivity contribution < 1.29 is 23.1 Å². The highest BCUT2D eigenvalue weighted by Gasteiger charge is 2.15. The van der Waals surface area contributed by atoms with Crippen molar-refractivity contribution in [1.82, 2.24) is 5.32 Å². The number of halogens is 1. The summed E-state index contributed by atoms with van der Waals surface area (Å²) in [5, 5.41) is 3.64. The molecule has 0 fully saturated rings. The molecule has 0 saturated heterocycles. The molecule has 6 heteroatoms. The number of para-hydroxylation sites is 1. The van der Waals surface area contributed by atoms with Gasteiger partial charge in [-0.3, -0.25) is 4.79 Å². The maximum absolute atomic E-state index is 13.5.